The van der Waals surface area contributed by atoms with Crippen molar-refractivity contribution in [2.24, 2.45) is 5.73 Å². The standard InChI is InChI=1S/C14H23N3O6/c1-2-3-7-23-14(22)16-9(8-11(15)18)12(19)17-6-4-5-10(17)13(20)21/h9-10H,2-8H2,1H3,(H2,15,18)(H,16,22)(H,20,21). The van der Waals surface area contributed by atoms with Gasteiger partial charge in [-0.1, -0.05) is 13.3 Å². The molecular weight excluding hydrogens is 306 g/mol. The second-order valence-electron chi connectivity index (χ2n) is 5.38. The van der Waals surface area contributed by atoms with E-state index in [1.54, 1.807) is 0 Å². The molecule has 1 aliphatic heterocycles. The van der Waals surface area contributed by atoms with Crippen LogP contribution in [0, 0.1) is 0 Å². The summed E-state index contributed by atoms with van der Waals surface area (Å²) in [4.78, 5) is 47.6. The molecule has 0 bridgehead atoms. The average Bonchev–Trinajstić information content (AvgIpc) is 2.95. The molecule has 0 spiro atoms. The summed E-state index contributed by atoms with van der Waals surface area (Å²) in [6.45, 7) is 2.39. The van der Waals surface area contributed by atoms with E-state index in [9.17, 15) is 19.2 Å². The van der Waals surface area contributed by atoms with Crippen LogP contribution in [0.15, 0.2) is 0 Å². The number of carbonyl (C=O) groups is 4. The molecule has 2 unspecified atom stereocenters. The van der Waals surface area contributed by atoms with Gasteiger partial charge in [-0.15, -0.1) is 0 Å². The molecule has 9 heteroatoms. The summed E-state index contributed by atoms with van der Waals surface area (Å²) in [5, 5.41) is 11.4. The first-order chi connectivity index (χ1) is 10.9. The lowest BCUT2D eigenvalue weighted by Crippen LogP contribution is -2.53. The minimum absolute atomic E-state index is 0.196. The second-order valence-corrected chi connectivity index (χ2v) is 5.38. The molecule has 2 atom stereocenters. The lowest BCUT2D eigenvalue weighted by atomic mass is 10.1. The maximum absolute atomic E-state index is 12.4. The van der Waals surface area contributed by atoms with Crippen molar-refractivity contribution >= 4 is 23.9 Å². The summed E-state index contributed by atoms with van der Waals surface area (Å²) in [6.07, 6.45) is 1.16. The third kappa shape index (κ3) is 5.76. The van der Waals surface area contributed by atoms with Crippen molar-refractivity contribution in [3.8, 4) is 0 Å². The summed E-state index contributed by atoms with van der Waals surface area (Å²) >= 11 is 0. The zero-order valence-corrected chi connectivity index (χ0v) is 13.1. The van der Waals surface area contributed by atoms with Gasteiger partial charge in [-0.25, -0.2) is 9.59 Å². The number of amides is 3. The Balaban J connectivity index is 2.72. The summed E-state index contributed by atoms with van der Waals surface area (Å²) in [5.74, 6) is -2.52. The second kappa shape index (κ2) is 8.96. The number of aliphatic carboxylic acids is 1. The van der Waals surface area contributed by atoms with Gasteiger partial charge in [0.25, 0.3) is 0 Å². The van der Waals surface area contributed by atoms with Gasteiger partial charge in [0.1, 0.15) is 12.1 Å². The third-order valence-corrected chi connectivity index (χ3v) is 3.55. The molecule has 0 saturated carbocycles. The van der Waals surface area contributed by atoms with Crippen molar-refractivity contribution < 1.29 is 29.0 Å². The summed E-state index contributed by atoms with van der Waals surface area (Å²) in [6, 6.07) is -2.17. The lowest BCUT2D eigenvalue weighted by molar-refractivity contribution is -0.149. The quantitative estimate of drug-likeness (QED) is 0.528. The first kappa shape index (κ1) is 18.7. The van der Waals surface area contributed by atoms with Crippen molar-refractivity contribution in [1.29, 1.82) is 0 Å². The van der Waals surface area contributed by atoms with E-state index in [4.69, 9.17) is 15.6 Å². The molecule has 23 heavy (non-hydrogen) atoms. The minimum Gasteiger partial charge on any atom is -0.480 e. The summed E-state index contributed by atoms with van der Waals surface area (Å²) in [7, 11) is 0. The number of rotatable bonds is 8. The Hall–Kier alpha value is -2.32. The monoisotopic (exact) mass is 329 g/mol. The first-order valence-corrected chi connectivity index (χ1v) is 7.61. The number of likely N-dealkylation sites (tertiary alicyclic amines) is 1. The molecule has 130 valence electrons. The SMILES string of the molecule is CCCCOC(=O)NC(CC(N)=O)C(=O)N1CCCC1C(=O)O. The van der Waals surface area contributed by atoms with E-state index in [2.05, 4.69) is 5.32 Å². The highest BCUT2D eigenvalue weighted by Gasteiger charge is 2.38. The number of hydrogen-bond acceptors (Lipinski definition) is 5. The number of carboxylic acids is 1. The van der Waals surface area contributed by atoms with E-state index < -0.39 is 42.4 Å². The molecule has 0 radical (unpaired) electrons. The van der Waals surface area contributed by atoms with Crippen molar-refractivity contribution in [3.05, 3.63) is 0 Å². The Morgan fingerprint density at radius 1 is 1.39 bits per heavy atom. The van der Waals surface area contributed by atoms with E-state index in [-0.39, 0.29) is 13.2 Å². The van der Waals surface area contributed by atoms with E-state index in [0.29, 0.717) is 19.3 Å². The lowest BCUT2D eigenvalue weighted by Gasteiger charge is -2.26. The number of nitrogens with two attached hydrogens (primary N) is 1. The van der Waals surface area contributed by atoms with E-state index in [1.165, 1.54) is 0 Å². The number of carbonyl (C=O) groups excluding carboxylic acids is 3. The van der Waals surface area contributed by atoms with Crippen LogP contribution in [0.2, 0.25) is 0 Å². The van der Waals surface area contributed by atoms with Crippen LogP contribution in [-0.4, -0.2) is 59.1 Å². The van der Waals surface area contributed by atoms with Crippen LogP contribution >= 0.6 is 0 Å². The number of ether oxygens (including phenoxy) is 1. The number of hydrogen-bond donors (Lipinski definition) is 3. The van der Waals surface area contributed by atoms with E-state index >= 15 is 0 Å². The van der Waals surface area contributed by atoms with Crippen LogP contribution in [0.1, 0.15) is 39.0 Å². The Morgan fingerprint density at radius 2 is 2.09 bits per heavy atom. The molecule has 1 saturated heterocycles. The molecule has 1 fully saturated rings. The van der Waals surface area contributed by atoms with Crippen LogP contribution < -0.4 is 11.1 Å². The molecule has 1 heterocycles. The van der Waals surface area contributed by atoms with Gasteiger partial charge in [-0.2, -0.15) is 0 Å². The highest BCUT2D eigenvalue weighted by atomic mass is 16.5. The van der Waals surface area contributed by atoms with Gasteiger partial charge in [0.2, 0.25) is 11.8 Å². The summed E-state index contributed by atoms with van der Waals surface area (Å²) in [5.41, 5.74) is 5.10. The maximum Gasteiger partial charge on any atom is 0.407 e. The number of nitrogens with zero attached hydrogens (tertiary/aromatic N) is 1. The maximum atomic E-state index is 12.4. The number of alkyl carbamates (subject to hydrolysis) is 1. The van der Waals surface area contributed by atoms with Gasteiger partial charge in [-0.3, -0.25) is 9.59 Å². The van der Waals surface area contributed by atoms with Crippen molar-refractivity contribution in [1.82, 2.24) is 10.2 Å². The van der Waals surface area contributed by atoms with Crippen LogP contribution in [0.3, 0.4) is 0 Å². The Kier molecular flexibility index (Phi) is 7.30. The zero-order chi connectivity index (χ0) is 17.4. The fourth-order valence-corrected chi connectivity index (χ4v) is 2.38. The van der Waals surface area contributed by atoms with Crippen LogP contribution in [0.25, 0.3) is 0 Å². The van der Waals surface area contributed by atoms with Crippen LogP contribution in [-0.2, 0) is 19.1 Å². The van der Waals surface area contributed by atoms with E-state index in [1.807, 2.05) is 6.92 Å². The highest BCUT2D eigenvalue weighted by Crippen LogP contribution is 2.19. The molecule has 9 nitrogen and oxygen atoms in total. The molecular formula is C14H23N3O6. The Labute approximate surface area is 134 Å². The minimum atomic E-state index is -1.22. The number of nitrogens with one attached hydrogen (secondary N) is 1. The van der Waals surface area contributed by atoms with Gasteiger partial charge >= 0.3 is 12.1 Å². The average molecular weight is 329 g/mol. The fourth-order valence-electron chi connectivity index (χ4n) is 2.38. The number of unbranched alkanes of at least 4 members (excludes halogenated alkanes) is 1. The Bertz CT molecular complexity index is 467. The summed E-state index contributed by atoms with van der Waals surface area (Å²) < 4.78 is 4.89. The van der Waals surface area contributed by atoms with Crippen LogP contribution in [0.5, 0.6) is 0 Å². The molecule has 0 aromatic carbocycles. The largest absolute Gasteiger partial charge is 0.480 e. The van der Waals surface area contributed by atoms with Crippen molar-refractivity contribution in [2.75, 3.05) is 13.2 Å². The van der Waals surface area contributed by atoms with Crippen LogP contribution in [0.4, 0.5) is 4.79 Å². The molecule has 0 aliphatic carbocycles. The van der Waals surface area contributed by atoms with Gasteiger partial charge in [-0.05, 0) is 19.3 Å². The first-order valence-electron chi connectivity index (χ1n) is 7.61. The van der Waals surface area contributed by atoms with Gasteiger partial charge in [0.05, 0.1) is 13.0 Å². The van der Waals surface area contributed by atoms with Crippen molar-refractivity contribution in [3.63, 3.8) is 0 Å². The fraction of sp³-hybridized carbons (Fsp3) is 0.714. The molecule has 1 aliphatic rings. The van der Waals surface area contributed by atoms with Gasteiger partial charge in [0.15, 0.2) is 0 Å². The van der Waals surface area contributed by atoms with Gasteiger partial charge < -0.3 is 25.8 Å². The molecule has 3 amide bonds. The molecule has 4 N–H and O–H groups in total. The zero-order valence-electron chi connectivity index (χ0n) is 13.1. The number of carboxylic acid groups (broad SMARTS) is 1. The third-order valence-electron chi connectivity index (χ3n) is 3.55. The topological polar surface area (TPSA) is 139 Å². The Morgan fingerprint density at radius 3 is 2.65 bits per heavy atom. The van der Waals surface area contributed by atoms with Crippen molar-refractivity contribution in [2.45, 2.75) is 51.1 Å². The predicted molar refractivity (Wildman–Crippen MR) is 79.4 cm³/mol. The smallest absolute Gasteiger partial charge is 0.407 e. The molecule has 1 rings (SSSR count). The van der Waals surface area contributed by atoms with E-state index in [0.717, 1.165) is 11.3 Å². The molecule has 0 aromatic rings. The normalized spacial score (nSPS) is 18.3. The molecule has 0 aromatic heterocycles. The highest BCUT2D eigenvalue weighted by molar-refractivity contribution is 5.93. The predicted octanol–water partition coefficient (Wildman–Crippen LogP) is -0.168. The van der Waals surface area contributed by atoms with Gasteiger partial charge in [0, 0.05) is 6.54 Å². The number of primary amides is 1.